The molecule has 1 aromatic heterocycles. The Morgan fingerprint density at radius 2 is 1.93 bits per heavy atom. The van der Waals surface area contributed by atoms with Crippen LogP contribution in [0.5, 0.6) is 5.75 Å². The number of nitrogens with one attached hydrogen (secondary N) is 3. The van der Waals surface area contributed by atoms with Crippen molar-refractivity contribution in [3.8, 4) is 16.9 Å². The molecule has 0 saturated carbocycles. The molecule has 2 aliphatic heterocycles. The second-order valence-electron chi connectivity index (χ2n) is 11.0. The van der Waals surface area contributed by atoms with Crippen LogP contribution in [0.3, 0.4) is 0 Å². The number of rotatable bonds is 6. The number of aromatic nitrogens is 1. The highest BCUT2D eigenvalue weighted by molar-refractivity contribution is 6.07. The number of nitrogen functional groups attached to an aromatic ring is 1. The first kappa shape index (κ1) is 30.6. The molecule has 230 valence electrons. The molecule has 2 aromatic carbocycles. The molecule has 2 unspecified atom stereocenters. The minimum absolute atomic E-state index is 0.0250. The van der Waals surface area contributed by atoms with Gasteiger partial charge in [-0.3, -0.25) is 15.2 Å². The Morgan fingerprint density at radius 3 is 2.61 bits per heavy atom. The number of benzene rings is 2. The molecule has 3 heterocycles. The largest absolute Gasteiger partial charge is 0.490 e. The molecule has 0 bridgehead atoms. The number of pyridine rings is 1. The molecular weight excluding hydrogens is 568 g/mol. The summed E-state index contributed by atoms with van der Waals surface area (Å²) in [5.74, 6) is -2.79. The standard InChI is InChI=1S/C32H35F2N7O3/c1-5-22(43)40-11-12-41-19(15-40)9-13-44-31-25(32(41)37)30(39-28-17(3)8-10-38-29(28)18(4)42)26(33)24(27(31)34)23-16(2)6-7-21(36)20(23)14-35/h5-8,10,14,18-19,35,37,39,42H,1,9,11-13,15,36H2,2-4H3. The number of nitrogens with zero attached hydrogens (tertiary/aromatic N) is 3. The minimum Gasteiger partial charge on any atom is -0.490 e. The molecule has 44 heavy (non-hydrogen) atoms. The maximum Gasteiger partial charge on any atom is 0.246 e. The van der Waals surface area contributed by atoms with Crippen LogP contribution in [-0.2, 0) is 4.79 Å². The van der Waals surface area contributed by atoms with Crippen LogP contribution in [0, 0.1) is 36.3 Å². The summed E-state index contributed by atoms with van der Waals surface area (Å²) >= 11 is 0. The molecule has 5 rings (SSSR count). The molecule has 10 nitrogen and oxygen atoms in total. The van der Waals surface area contributed by atoms with Gasteiger partial charge in [0.25, 0.3) is 0 Å². The number of piperazine rings is 1. The number of ether oxygens (including phenoxy) is 1. The number of halogens is 2. The molecule has 6 N–H and O–H groups in total. The van der Waals surface area contributed by atoms with E-state index in [2.05, 4.69) is 16.9 Å². The van der Waals surface area contributed by atoms with E-state index in [9.17, 15) is 15.3 Å². The van der Waals surface area contributed by atoms with E-state index in [0.717, 1.165) is 6.21 Å². The summed E-state index contributed by atoms with van der Waals surface area (Å²) < 4.78 is 39.8. The number of hydrogen-bond donors (Lipinski definition) is 5. The molecule has 0 aliphatic carbocycles. The molecule has 12 heteroatoms. The van der Waals surface area contributed by atoms with Gasteiger partial charge in [0.1, 0.15) is 5.84 Å². The number of carbonyl (C=O) groups is 1. The summed E-state index contributed by atoms with van der Waals surface area (Å²) in [5, 5.41) is 30.8. The number of amides is 1. The molecule has 3 aromatic rings. The van der Waals surface area contributed by atoms with Crippen LogP contribution in [0.1, 0.15) is 47.4 Å². The topological polar surface area (TPSA) is 152 Å². The van der Waals surface area contributed by atoms with Gasteiger partial charge in [0.15, 0.2) is 17.4 Å². The number of aliphatic hydroxyl groups excluding tert-OH is 1. The predicted octanol–water partition coefficient (Wildman–Crippen LogP) is 4.83. The maximum absolute atomic E-state index is 17.1. The summed E-state index contributed by atoms with van der Waals surface area (Å²) in [6.07, 6.45) is 3.05. The zero-order valence-corrected chi connectivity index (χ0v) is 24.8. The Labute approximate surface area is 254 Å². The van der Waals surface area contributed by atoms with Gasteiger partial charge < -0.3 is 36.1 Å². The van der Waals surface area contributed by atoms with Crippen LogP contribution in [-0.4, -0.2) is 70.1 Å². The van der Waals surface area contributed by atoms with Gasteiger partial charge >= 0.3 is 0 Å². The third-order valence-corrected chi connectivity index (χ3v) is 8.24. The number of fused-ring (bicyclic) bond motifs is 2. The van der Waals surface area contributed by atoms with E-state index in [0.29, 0.717) is 29.8 Å². The summed E-state index contributed by atoms with van der Waals surface area (Å²) in [6.45, 7) is 9.37. The first-order valence-corrected chi connectivity index (χ1v) is 14.2. The fraction of sp³-hybridized carbons (Fsp3) is 0.312. The molecule has 2 atom stereocenters. The highest BCUT2D eigenvalue weighted by Crippen LogP contribution is 2.46. The van der Waals surface area contributed by atoms with Crippen molar-refractivity contribution in [2.45, 2.75) is 39.3 Å². The molecule has 0 radical (unpaired) electrons. The maximum atomic E-state index is 17.1. The van der Waals surface area contributed by atoms with E-state index >= 15 is 8.78 Å². The second kappa shape index (κ2) is 12.0. The lowest BCUT2D eigenvalue weighted by Crippen LogP contribution is -2.57. The van der Waals surface area contributed by atoms with E-state index in [4.69, 9.17) is 15.9 Å². The Morgan fingerprint density at radius 1 is 1.18 bits per heavy atom. The molecular formula is C32H35F2N7O3. The van der Waals surface area contributed by atoms with Crippen LogP contribution < -0.4 is 15.8 Å². The minimum atomic E-state index is -1.03. The van der Waals surface area contributed by atoms with Crippen LogP contribution in [0.4, 0.5) is 25.8 Å². The fourth-order valence-electron chi connectivity index (χ4n) is 5.95. The van der Waals surface area contributed by atoms with Crippen LogP contribution in [0.2, 0.25) is 0 Å². The molecule has 2 aliphatic rings. The summed E-state index contributed by atoms with van der Waals surface area (Å²) in [4.78, 5) is 20.0. The van der Waals surface area contributed by atoms with E-state index in [1.807, 2.05) is 0 Å². The number of carbonyl (C=O) groups excluding carboxylic acids is 1. The summed E-state index contributed by atoms with van der Waals surface area (Å²) in [5.41, 5.74) is 7.33. The first-order valence-electron chi connectivity index (χ1n) is 14.2. The lowest BCUT2D eigenvalue weighted by Gasteiger charge is -2.44. The lowest BCUT2D eigenvalue weighted by atomic mass is 9.90. The fourth-order valence-corrected chi connectivity index (χ4v) is 5.95. The molecule has 1 saturated heterocycles. The quantitative estimate of drug-likeness (QED) is 0.154. The van der Waals surface area contributed by atoms with Crippen molar-refractivity contribution >= 4 is 35.0 Å². The average Bonchev–Trinajstić information content (AvgIpc) is 3.00. The van der Waals surface area contributed by atoms with Crippen molar-refractivity contribution in [3.05, 3.63) is 76.6 Å². The number of anilines is 3. The van der Waals surface area contributed by atoms with E-state index < -0.39 is 23.3 Å². The molecule has 1 fully saturated rings. The smallest absolute Gasteiger partial charge is 0.246 e. The Bertz CT molecular complexity index is 1690. The van der Waals surface area contributed by atoms with Crippen molar-refractivity contribution in [3.63, 3.8) is 0 Å². The second-order valence-corrected chi connectivity index (χ2v) is 11.0. The summed E-state index contributed by atoms with van der Waals surface area (Å²) in [6, 6.07) is 4.53. The van der Waals surface area contributed by atoms with Gasteiger partial charge in [-0.05, 0) is 50.1 Å². The van der Waals surface area contributed by atoms with Gasteiger partial charge in [-0.15, -0.1) is 0 Å². The lowest BCUT2D eigenvalue weighted by molar-refractivity contribution is -0.128. The number of hydrogen-bond acceptors (Lipinski definition) is 8. The van der Waals surface area contributed by atoms with E-state index in [1.54, 1.807) is 41.8 Å². The highest BCUT2D eigenvalue weighted by atomic mass is 19.1. The monoisotopic (exact) mass is 603 g/mol. The normalized spacial score (nSPS) is 17.0. The zero-order valence-electron chi connectivity index (χ0n) is 24.8. The van der Waals surface area contributed by atoms with Crippen LogP contribution >= 0.6 is 0 Å². The summed E-state index contributed by atoms with van der Waals surface area (Å²) in [7, 11) is 0. The predicted molar refractivity (Wildman–Crippen MR) is 166 cm³/mol. The van der Waals surface area contributed by atoms with Gasteiger partial charge in [0.05, 0.1) is 46.9 Å². The van der Waals surface area contributed by atoms with Gasteiger partial charge in [-0.1, -0.05) is 12.6 Å². The van der Waals surface area contributed by atoms with Gasteiger partial charge in [-0.2, -0.15) is 0 Å². The Balaban J connectivity index is 1.79. The van der Waals surface area contributed by atoms with Crippen LogP contribution in [0.25, 0.3) is 11.1 Å². The van der Waals surface area contributed by atoms with Crippen molar-refractivity contribution in [2.75, 3.05) is 37.3 Å². The van der Waals surface area contributed by atoms with E-state index in [-0.39, 0.29) is 77.0 Å². The van der Waals surface area contributed by atoms with Gasteiger partial charge in [0.2, 0.25) is 5.91 Å². The molecule has 0 spiro atoms. The average molecular weight is 604 g/mol. The number of amidine groups is 1. The zero-order chi connectivity index (χ0) is 31.9. The number of aliphatic hydroxyl groups is 1. The van der Waals surface area contributed by atoms with Gasteiger partial charge in [-0.25, -0.2) is 8.78 Å². The first-order chi connectivity index (χ1) is 21.0. The third kappa shape index (κ3) is 5.15. The SMILES string of the molecule is C=CC(=O)N1CCN2C(=N)c3c(Nc4c(C)ccnc4C(C)O)c(F)c(-c4c(C)ccc(N)c4C=N)c(F)c3OCCC2C1. The van der Waals surface area contributed by atoms with Gasteiger partial charge in [0, 0.05) is 55.3 Å². The third-order valence-electron chi connectivity index (χ3n) is 8.24. The van der Waals surface area contributed by atoms with Crippen molar-refractivity contribution in [1.82, 2.24) is 14.8 Å². The molecule has 1 amide bonds. The Kier molecular flexibility index (Phi) is 8.38. The Hall–Kier alpha value is -4.84. The van der Waals surface area contributed by atoms with Crippen molar-refractivity contribution in [2.24, 2.45) is 0 Å². The number of nitrogens with two attached hydrogens (primary N) is 1. The highest BCUT2D eigenvalue weighted by Gasteiger charge is 2.38. The van der Waals surface area contributed by atoms with Crippen molar-refractivity contribution in [1.29, 1.82) is 10.8 Å². The van der Waals surface area contributed by atoms with Crippen molar-refractivity contribution < 1.29 is 23.4 Å². The van der Waals surface area contributed by atoms with E-state index in [1.165, 1.54) is 19.2 Å². The number of aryl methyl sites for hydroxylation is 2. The van der Waals surface area contributed by atoms with Crippen LogP contribution in [0.15, 0.2) is 37.1 Å².